The summed E-state index contributed by atoms with van der Waals surface area (Å²) >= 11 is 1.64. The summed E-state index contributed by atoms with van der Waals surface area (Å²) in [5.74, 6) is 0.714. The number of aryl methyl sites for hydroxylation is 1. The molecule has 0 aliphatic rings. The molecule has 0 saturated carbocycles. The van der Waals surface area contributed by atoms with Crippen molar-refractivity contribution < 1.29 is 4.42 Å². The zero-order chi connectivity index (χ0) is 10.3. The quantitative estimate of drug-likeness (QED) is 0.616. The first-order chi connectivity index (χ1) is 7.33. The Morgan fingerprint density at radius 1 is 1.27 bits per heavy atom. The topological polar surface area (TPSA) is 26.0 Å². The maximum Gasteiger partial charge on any atom is 0.237 e. The molecule has 0 amide bonds. The second kappa shape index (κ2) is 3.21. The van der Waals surface area contributed by atoms with E-state index in [2.05, 4.69) is 11.9 Å². The number of hydrogen-bond acceptors (Lipinski definition) is 3. The summed E-state index contributed by atoms with van der Waals surface area (Å²) in [6.07, 6.45) is 0. The molecule has 0 fully saturated rings. The molecule has 0 radical (unpaired) electrons. The molecule has 0 unspecified atom stereocenters. The van der Waals surface area contributed by atoms with E-state index in [-0.39, 0.29) is 0 Å². The predicted molar refractivity (Wildman–Crippen MR) is 62.1 cm³/mol. The van der Waals surface area contributed by atoms with Gasteiger partial charge in [0.05, 0.1) is 4.88 Å². The molecule has 1 aromatic carbocycles. The molecule has 3 rings (SSSR count). The summed E-state index contributed by atoms with van der Waals surface area (Å²) in [6.45, 7) is 2.05. The molecule has 0 atom stereocenters. The van der Waals surface area contributed by atoms with Gasteiger partial charge in [0.1, 0.15) is 5.52 Å². The summed E-state index contributed by atoms with van der Waals surface area (Å²) < 4.78 is 5.67. The fraction of sp³-hybridized carbons (Fsp3) is 0.0833. The Kier molecular flexibility index (Phi) is 1.86. The maximum absolute atomic E-state index is 5.67. The van der Waals surface area contributed by atoms with Gasteiger partial charge in [0.15, 0.2) is 5.58 Å². The van der Waals surface area contributed by atoms with Gasteiger partial charge in [-0.05, 0) is 36.1 Å². The molecule has 0 bridgehead atoms. The molecule has 15 heavy (non-hydrogen) atoms. The third-order valence-corrected chi connectivity index (χ3v) is 3.13. The molecule has 3 heteroatoms. The van der Waals surface area contributed by atoms with Gasteiger partial charge in [-0.1, -0.05) is 12.1 Å². The van der Waals surface area contributed by atoms with Crippen LogP contribution in [0.3, 0.4) is 0 Å². The lowest BCUT2D eigenvalue weighted by Gasteiger charge is -1.87. The molecule has 74 valence electrons. The van der Waals surface area contributed by atoms with E-state index in [4.69, 9.17) is 4.42 Å². The van der Waals surface area contributed by atoms with Crippen LogP contribution in [0.4, 0.5) is 0 Å². The van der Waals surface area contributed by atoms with E-state index in [1.807, 2.05) is 35.7 Å². The van der Waals surface area contributed by atoms with Crippen LogP contribution in [0.15, 0.2) is 40.1 Å². The lowest BCUT2D eigenvalue weighted by Crippen LogP contribution is -1.72. The summed E-state index contributed by atoms with van der Waals surface area (Å²) in [4.78, 5) is 5.53. The average Bonchev–Trinajstić information content (AvgIpc) is 2.84. The highest BCUT2D eigenvalue weighted by Crippen LogP contribution is 2.27. The Balaban J connectivity index is 2.22. The summed E-state index contributed by atoms with van der Waals surface area (Å²) in [7, 11) is 0. The van der Waals surface area contributed by atoms with Crippen molar-refractivity contribution in [1.29, 1.82) is 0 Å². The number of aromatic nitrogens is 1. The molecule has 0 N–H and O–H groups in total. The van der Waals surface area contributed by atoms with E-state index >= 15 is 0 Å². The van der Waals surface area contributed by atoms with Gasteiger partial charge < -0.3 is 4.42 Å². The van der Waals surface area contributed by atoms with Crippen molar-refractivity contribution in [2.24, 2.45) is 0 Å². The first kappa shape index (κ1) is 8.68. The number of rotatable bonds is 1. The smallest absolute Gasteiger partial charge is 0.237 e. The van der Waals surface area contributed by atoms with Crippen LogP contribution in [-0.2, 0) is 0 Å². The monoisotopic (exact) mass is 215 g/mol. The zero-order valence-corrected chi connectivity index (χ0v) is 9.04. The zero-order valence-electron chi connectivity index (χ0n) is 8.23. The number of fused-ring (bicyclic) bond motifs is 1. The van der Waals surface area contributed by atoms with Crippen molar-refractivity contribution in [2.75, 3.05) is 0 Å². The van der Waals surface area contributed by atoms with Crippen LogP contribution in [0.5, 0.6) is 0 Å². The van der Waals surface area contributed by atoms with Crippen LogP contribution >= 0.6 is 11.3 Å². The van der Waals surface area contributed by atoms with E-state index in [0.717, 1.165) is 16.0 Å². The van der Waals surface area contributed by atoms with Crippen LogP contribution in [-0.4, -0.2) is 4.98 Å². The second-order valence-corrected chi connectivity index (χ2v) is 4.42. The van der Waals surface area contributed by atoms with Crippen LogP contribution in [0, 0.1) is 6.92 Å². The van der Waals surface area contributed by atoms with E-state index in [0.29, 0.717) is 5.89 Å². The van der Waals surface area contributed by atoms with Crippen molar-refractivity contribution in [3.05, 3.63) is 41.3 Å². The largest absolute Gasteiger partial charge is 0.435 e. The fourth-order valence-electron chi connectivity index (χ4n) is 1.54. The SMILES string of the molecule is Cc1ccc2oc(-c3cccs3)nc2c1. The molecule has 3 aromatic rings. The number of hydrogen-bond donors (Lipinski definition) is 0. The highest BCUT2D eigenvalue weighted by Gasteiger charge is 2.08. The molecular formula is C12H9NOS. The molecule has 2 heterocycles. The van der Waals surface area contributed by atoms with Crippen LogP contribution in [0.2, 0.25) is 0 Å². The number of nitrogens with zero attached hydrogens (tertiary/aromatic N) is 1. The molecule has 0 spiro atoms. The van der Waals surface area contributed by atoms with Gasteiger partial charge >= 0.3 is 0 Å². The standard InChI is InChI=1S/C12H9NOS/c1-8-4-5-10-9(7-8)13-12(14-10)11-3-2-6-15-11/h2-7H,1H3. The maximum atomic E-state index is 5.67. The van der Waals surface area contributed by atoms with Gasteiger partial charge in [-0.3, -0.25) is 0 Å². The third kappa shape index (κ3) is 1.45. The van der Waals surface area contributed by atoms with Crippen molar-refractivity contribution in [3.8, 4) is 10.8 Å². The summed E-state index contributed by atoms with van der Waals surface area (Å²) in [6, 6.07) is 10.1. The van der Waals surface area contributed by atoms with Gasteiger partial charge in [-0.2, -0.15) is 0 Å². The Labute approximate surface area is 91.2 Å². The normalized spacial score (nSPS) is 11.0. The lowest BCUT2D eigenvalue weighted by molar-refractivity contribution is 0.621. The van der Waals surface area contributed by atoms with Gasteiger partial charge in [0, 0.05) is 0 Å². The Morgan fingerprint density at radius 2 is 2.20 bits per heavy atom. The molecule has 0 aliphatic heterocycles. The number of thiophene rings is 1. The first-order valence-corrected chi connectivity index (χ1v) is 5.62. The highest BCUT2D eigenvalue weighted by molar-refractivity contribution is 7.13. The molecule has 0 aliphatic carbocycles. The van der Waals surface area contributed by atoms with Crippen LogP contribution < -0.4 is 0 Å². The number of benzene rings is 1. The fourth-order valence-corrected chi connectivity index (χ4v) is 2.19. The molecule has 2 nitrogen and oxygen atoms in total. The van der Waals surface area contributed by atoms with Gasteiger partial charge in [0.25, 0.3) is 0 Å². The lowest BCUT2D eigenvalue weighted by atomic mass is 10.2. The molecular weight excluding hydrogens is 206 g/mol. The molecule has 2 aromatic heterocycles. The summed E-state index contributed by atoms with van der Waals surface area (Å²) in [5, 5.41) is 2.02. The van der Waals surface area contributed by atoms with E-state index < -0.39 is 0 Å². The summed E-state index contributed by atoms with van der Waals surface area (Å²) in [5.41, 5.74) is 2.98. The molecule has 0 saturated heterocycles. The minimum Gasteiger partial charge on any atom is -0.435 e. The van der Waals surface area contributed by atoms with Crippen molar-refractivity contribution in [3.63, 3.8) is 0 Å². The average molecular weight is 215 g/mol. The van der Waals surface area contributed by atoms with Crippen molar-refractivity contribution in [1.82, 2.24) is 4.98 Å². The minimum atomic E-state index is 0.714. The van der Waals surface area contributed by atoms with Crippen molar-refractivity contribution >= 4 is 22.4 Å². The minimum absolute atomic E-state index is 0.714. The van der Waals surface area contributed by atoms with Gasteiger partial charge in [0.2, 0.25) is 5.89 Å². The Hall–Kier alpha value is -1.61. The highest BCUT2D eigenvalue weighted by atomic mass is 32.1. The third-order valence-electron chi connectivity index (χ3n) is 2.28. The van der Waals surface area contributed by atoms with Crippen molar-refractivity contribution in [2.45, 2.75) is 6.92 Å². The van der Waals surface area contributed by atoms with Gasteiger partial charge in [-0.25, -0.2) is 4.98 Å². The van der Waals surface area contributed by atoms with Gasteiger partial charge in [-0.15, -0.1) is 11.3 Å². The first-order valence-electron chi connectivity index (χ1n) is 4.74. The predicted octanol–water partition coefficient (Wildman–Crippen LogP) is 3.86. The second-order valence-electron chi connectivity index (χ2n) is 3.47. The van der Waals surface area contributed by atoms with Crippen LogP contribution in [0.1, 0.15) is 5.56 Å². The number of oxazole rings is 1. The van der Waals surface area contributed by atoms with Crippen LogP contribution in [0.25, 0.3) is 21.9 Å². The van der Waals surface area contributed by atoms with E-state index in [1.54, 1.807) is 11.3 Å². The van der Waals surface area contributed by atoms with E-state index in [1.165, 1.54) is 5.56 Å². The Bertz CT molecular complexity index is 595. The van der Waals surface area contributed by atoms with E-state index in [9.17, 15) is 0 Å². The Morgan fingerprint density at radius 3 is 3.00 bits per heavy atom.